The van der Waals surface area contributed by atoms with Crippen molar-refractivity contribution in [2.45, 2.75) is 26.7 Å². The van der Waals surface area contributed by atoms with E-state index in [9.17, 15) is 9.59 Å². The van der Waals surface area contributed by atoms with Crippen molar-refractivity contribution in [3.8, 4) is 0 Å². The van der Waals surface area contributed by atoms with Crippen LogP contribution in [0.5, 0.6) is 0 Å². The van der Waals surface area contributed by atoms with Crippen molar-refractivity contribution < 1.29 is 19.1 Å². The second-order valence-corrected chi connectivity index (χ2v) is 5.70. The third kappa shape index (κ3) is 1.96. The number of carbonyl (C=O) groups excluding carboxylic acids is 2. The fraction of sp³-hybridized carbons (Fsp3) is 0.529. The van der Waals surface area contributed by atoms with Crippen molar-refractivity contribution in [1.29, 1.82) is 0 Å². The molecule has 2 atom stereocenters. The Balaban J connectivity index is 1.92. The first kappa shape index (κ1) is 14.1. The second-order valence-electron chi connectivity index (χ2n) is 5.70. The molecule has 0 spiro atoms. The normalized spacial score (nSPS) is 24.5. The van der Waals surface area contributed by atoms with Gasteiger partial charge in [0.05, 0.1) is 13.2 Å². The predicted molar refractivity (Wildman–Crippen MR) is 76.5 cm³/mol. The predicted octanol–water partition coefficient (Wildman–Crippen LogP) is 2.14. The lowest BCUT2D eigenvalue weighted by atomic mass is 9.92. The highest BCUT2D eigenvalue weighted by atomic mass is 16.6. The Hall–Kier alpha value is -1.84. The van der Waals surface area contributed by atoms with Crippen LogP contribution in [0.4, 0.5) is 0 Å². The van der Waals surface area contributed by atoms with Crippen LogP contribution in [0, 0.1) is 17.3 Å². The molecule has 4 nitrogen and oxygen atoms in total. The smallest absolute Gasteiger partial charge is 0.324 e. The fourth-order valence-corrected chi connectivity index (χ4v) is 3.76. The lowest BCUT2D eigenvalue weighted by Gasteiger charge is -2.14. The zero-order valence-corrected chi connectivity index (χ0v) is 12.4. The molecule has 21 heavy (non-hydrogen) atoms. The molecule has 2 aliphatic rings. The second kappa shape index (κ2) is 5.17. The summed E-state index contributed by atoms with van der Waals surface area (Å²) < 4.78 is 10.4. The molecule has 1 saturated carbocycles. The largest absolute Gasteiger partial charge is 0.465 e. The maximum Gasteiger partial charge on any atom is 0.324 e. The molecule has 4 heteroatoms. The summed E-state index contributed by atoms with van der Waals surface area (Å²) in [6.45, 7) is 4.09. The van der Waals surface area contributed by atoms with Crippen molar-refractivity contribution in [1.82, 2.24) is 0 Å². The van der Waals surface area contributed by atoms with Gasteiger partial charge >= 0.3 is 11.9 Å². The van der Waals surface area contributed by atoms with Gasteiger partial charge in [-0.05, 0) is 49.7 Å². The van der Waals surface area contributed by atoms with Gasteiger partial charge in [-0.25, -0.2) is 0 Å². The van der Waals surface area contributed by atoms with E-state index >= 15 is 0 Å². The number of hydrogen-bond donors (Lipinski definition) is 0. The Morgan fingerprint density at radius 2 is 1.43 bits per heavy atom. The minimum absolute atomic E-state index is 0.0190. The quantitative estimate of drug-likeness (QED) is 0.629. The van der Waals surface area contributed by atoms with Crippen LogP contribution in [-0.2, 0) is 31.9 Å². The van der Waals surface area contributed by atoms with Gasteiger partial charge in [0.2, 0.25) is 0 Å². The Kier molecular flexibility index (Phi) is 3.47. The highest BCUT2D eigenvalue weighted by Gasteiger charge is 2.76. The molecule has 1 aromatic rings. The summed E-state index contributed by atoms with van der Waals surface area (Å²) in [7, 11) is 0. The topological polar surface area (TPSA) is 52.6 Å². The minimum Gasteiger partial charge on any atom is -0.465 e. The number of hydrogen-bond acceptors (Lipinski definition) is 4. The van der Waals surface area contributed by atoms with Crippen molar-refractivity contribution in [3.05, 3.63) is 35.4 Å². The van der Waals surface area contributed by atoms with Crippen molar-refractivity contribution in [2.75, 3.05) is 13.2 Å². The Morgan fingerprint density at radius 1 is 1.00 bits per heavy atom. The molecule has 0 unspecified atom stereocenters. The van der Waals surface area contributed by atoms with E-state index in [1.165, 1.54) is 11.1 Å². The Bertz CT molecular complexity index is 527. The molecule has 0 bridgehead atoms. The lowest BCUT2D eigenvalue weighted by molar-refractivity contribution is -0.165. The summed E-state index contributed by atoms with van der Waals surface area (Å²) in [5.74, 6) is -0.784. The third-order valence-electron chi connectivity index (χ3n) is 4.77. The summed E-state index contributed by atoms with van der Waals surface area (Å²) >= 11 is 0. The summed E-state index contributed by atoms with van der Waals surface area (Å²) in [6, 6.07) is 8.14. The van der Waals surface area contributed by atoms with Crippen LogP contribution in [-0.4, -0.2) is 25.2 Å². The van der Waals surface area contributed by atoms with Gasteiger partial charge in [-0.2, -0.15) is 0 Å². The maximum atomic E-state index is 12.4. The number of rotatable bonds is 4. The molecule has 0 saturated heterocycles. The van der Waals surface area contributed by atoms with Gasteiger partial charge in [0.15, 0.2) is 5.41 Å². The van der Waals surface area contributed by atoms with Crippen LogP contribution in [0.3, 0.4) is 0 Å². The molecule has 2 aliphatic carbocycles. The van der Waals surface area contributed by atoms with Crippen molar-refractivity contribution in [3.63, 3.8) is 0 Å². The molecule has 0 aromatic heterocycles. The number of fused-ring (bicyclic) bond motifs is 2. The van der Waals surface area contributed by atoms with Crippen LogP contribution in [0.1, 0.15) is 25.0 Å². The standard InChI is InChI=1S/C17H20O4/c1-3-20-15(18)17(16(19)21-4-2)13-9-11-7-5-6-8-12(11)10-14(13)17/h5-8,13-14H,3-4,9-10H2,1-2H3/t13-,14+. The first-order valence-corrected chi connectivity index (χ1v) is 7.57. The van der Waals surface area contributed by atoms with E-state index in [1.807, 2.05) is 12.1 Å². The van der Waals surface area contributed by atoms with E-state index in [4.69, 9.17) is 9.47 Å². The fourth-order valence-electron chi connectivity index (χ4n) is 3.76. The van der Waals surface area contributed by atoms with Crippen molar-refractivity contribution in [2.24, 2.45) is 17.3 Å². The van der Waals surface area contributed by atoms with E-state index in [0.29, 0.717) is 0 Å². The van der Waals surface area contributed by atoms with Gasteiger partial charge in [0.25, 0.3) is 0 Å². The molecule has 0 N–H and O–H groups in total. The van der Waals surface area contributed by atoms with E-state index in [0.717, 1.165) is 12.8 Å². The van der Waals surface area contributed by atoms with Gasteiger partial charge in [-0.15, -0.1) is 0 Å². The number of carbonyl (C=O) groups is 2. The zero-order valence-electron chi connectivity index (χ0n) is 12.4. The summed E-state index contributed by atoms with van der Waals surface area (Å²) in [4.78, 5) is 24.9. The maximum absolute atomic E-state index is 12.4. The SMILES string of the molecule is CCOC(=O)C1(C(=O)OCC)[C@@H]2Cc3ccccc3C[C@@H]21. The van der Waals surface area contributed by atoms with E-state index < -0.39 is 17.4 Å². The highest BCUT2D eigenvalue weighted by molar-refractivity contribution is 6.05. The first-order valence-electron chi connectivity index (χ1n) is 7.57. The average Bonchev–Trinajstić information content (AvgIpc) is 3.14. The molecule has 0 heterocycles. The molecule has 3 rings (SSSR count). The van der Waals surface area contributed by atoms with Gasteiger partial charge < -0.3 is 9.47 Å². The monoisotopic (exact) mass is 288 g/mol. The summed E-state index contributed by atoms with van der Waals surface area (Å²) in [5.41, 5.74) is 1.38. The molecular weight excluding hydrogens is 268 g/mol. The minimum atomic E-state index is -1.08. The molecule has 0 radical (unpaired) electrons. The van der Waals surface area contributed by atoms with Gasteiger partial charge in [0.1, 0.15) is 0 Å². The molecule has 112 valence electrons. The summed E-state index contributed by atoms with van der Waals surface area (Å²) in [5, 5.41) is 0. The Labute approximate surface area is 124 Å². The third-order valence-corrected chi connectivity index (χ3v) is 4.77. The van der Waals surface area contributed by atoms with Gasteiger partial charge in [0, 0.05) is 0 Å². The van der Waals surface area contributed by atoms with Crippen LogP contribution in [0.2, 0.25) is 0 Å². The molecule has 1 fully saturated rings. The molecule has 0 aliphatic heterocycles. The van der Waals surface area contributed by atoms with Crippen LogP contribution >= 0.6 is 0 Å². The zero-order chi connectivity index (χ0) is 15.0. The van der Waals surface area contributed by atoms with E-state index in [2.05, 4.69) is 12.1 Å². The van der Waals surface area contributed by atoms with Crippen LogP contribution < -0.4 is 0 Å². The summed E-state index contributed by atoms with van der Waals surface area (Å²) in [6.07, 6.45) is 1.50. The molecule has 0 amide bonds. The van der Waals surface area contributed by atoms with Gasteiger partial charge in [-0.3, -0.25) is 9.59 Å². The Morgan fingerprint density at radius 3 is 1.81 bits per heavy atom. The number of esters is 2. The van der Waals surface area contributed by atoms with Gasteiger partial charge in [-0.1, -0.05) is 24.3 Å². The van der Waals surface area contributed by atoms with Crippen molar-refractivity contribution >= 4 is 11.9 Å². The first-order chi connectivity index (χ1) is 10.2. The van der Waals surface area contributed by atoms with E-state index in [1.54, 1.807) is 13.8 Å². The molecular formula is C17H20O4. The molecule has 1 aromatic carbocycles. The average molecular weight is 288 g/mol. The number of ether oxygens (including phenoxy) is 2. The van der Waals surface area contributed by atoms with Crippen LogP contribution in [0.25, 0.3) is 0 Å². The highest BCUT2D eigenvalue weighted by Crippen LogP contribution is 2.65. The number of benzene rings is 1. The van der Waals surface area contributed by atoms with Crippen LogP contribution in [0.15, 0.2) is 24.3 Å². The van der Waals surface area contributed by atoms with E-state index in [-0.39, 0.29) is 25.0 Å². The lowest BCUT2D eigenvalue weighted by Crippen LogP contribution is -2.33.